The van der Waals surface area contributed by atoms with Gasteiger partial charge in [0.2, 0.25) is 5.89 Å². The predicted octanol–water partition coefficient (Wildman–Crippen LogP) is 4.80. The van der Waals surface area contributed by atoms with Crippen molar-refractivity contribution in [2.24, 2.45) is 0 Å². The zero-order valence-electron chi connectivity index (χ0n) is 17.5. The molecule has 0 bridgehead atoms. The van der Waals surface area contributed by atoms with Crippen LogP contribution in [0.4, 0.5) is 0 Å². The topological polar surface area (TPSA) is 76.3 Å². The number of oxazole rings is 1. The summed E-state index contributed by atoms with van der Waals surface area (Å²) in [4.78, 5) is 11.8. The second-order valence-corrected chi connectivity index (χ2v) is 11.3. The molecule has 4 rings (SSSR count). The molecule has 160 valence electrons. The van der Waals surface area contributed by atoms with Gasteiger partial charge in [0.15, 0.2) is 9.84 Å². The summed E-state index contributed by atoms with van der Waals surface area (Å²) < 4.78 is 29.4. The van der Waals surface area contributed by atoms with Crippen molar-refractivity contribution in [2.45, 2.75) is 50.9 Å². The summed E-state index contributed by atoms with van der Waals surface area (Å²) in [6.07, 6.45) is 3.31. The predicted molar refractivity (Wildman–Crippen MR) is 119 cm³/mol. The van der Waals surface area contributed by atoms with E-state index in [9.17, 15) is 8.42 Å². The SMILES string of the molecule is CC(C)c1oc([C@H]2CCCN2Cc2csc(CS(C)(=O)=O)n2)nc1-c1ccccc1. The molecule has 1 aliphatic rings. The van der Waals surface area contributed by atoms with E-state index in [0.717, 1.165) is 48.0 Å². The molecule has 6 nitrogen and oxygen atoms in total. The third-order valence-corrected chi connectivity index (χ3v) is 7.12. The molecule has 0 amide bonds. The average Bonchev–Trinajstić information content (AvgIpc) is 3.41. The fourth-order valence-corrected chi connectivity index (χ4v) is 5.90. The van der Waals surface area contributed by atoms with Crippen LogP contribution in [0.2, 0.25) is 0 Å². The fraction of sp³-hybridized carbons (Fsp3) is 0.455. The van der Waals surface area contributed by atoms with E-state index in [2.05, 4.69) is 35.9 Å². The Morgan fingerprint density at radius 2 is 2.00 bits per heavy atom. The smallest absolute Gasteiger partial charge is 0.212 e. The molecular weight excluding hydrogens is 418 g/mol. The molecule has 0 unspecified atom stereocenters. The summed E-state index contributed by atoms with van der Waals surface area (Å²) in [5, 5.41) is 2.60. The van der Waals surface area contributed by atoms with Crippen LogP contribution in [-0.4, -0.2) is 36.1 Å². The minimum atomic E-state index is -3.07. The van der Waals surface area contributed by atoms with Gasteiger partial charge in [-0.05, 0) is 19.4 Å². The number of sulfone groups is 1. The Bertz CT molecular complexity index is 1100. The first-order valence-corrected chi connectivity index (χ1v) is 13.2. The summed E-state index contributed by atoms with van der Waals surface area (Å²) in [5.41, 5.74) is 2.91. The van der Waals surface area contributed by atoms with Crippen LogP contribution >= 0.6 is 11.3 Å². The summed E-state index contributed by atoms with van der Waals surface area (Å²) in [5.74, 6) is 1.93. The molecule has 1 aliphatic heterocycles. The van der Waals surface area contributed by atoms with E-state index in [1.165, 1.54) is 17.6 Å². The molecule has 3 heterocycles. The highest BCUT2D eigenvalue weighted by molar-refractivity contribution is 7.90. The van der Waals surface area contributed by atoms with Gasteiger partial charge in [0.1, 0.15) is 22.2 Å². The first-order chi connectivity index (χ1) is 14.3. The molecule has 0 spiro atoms. The van der Waals surface area contributed by atoms with Gasteiger partial charge in [-0.1, -0.05) is 44.2 Å². The highest BCUT2D eigenvalue weighted by Crippen LogP contribution is 2.37. The summed E-state index contributed by atoms with van der Waals surface area (Å²) in [6, 6.07) is 10.3. The molecule has 1 aromatic carbocycles. The van der Waals surface area contributed by atoms with Gasteiger partial charge in [0.05, 0.1) is 11.7 Å². The van der Waals surface area contributed by atoms with Crippen molar-refractivity contribution in [3.63, 3.8) is 0 Å². The van der Waals surface area contributed by atoms with Gasteiger partial charge < -0.3 is 4.42 Å². The molecule has 2 aromatic heterocycles. The van der Waals surface area contributed by atoms with Crippen LogP contribution in [0.25, 0.3) is 11.3 Å². The highest BCUT2D eigenvalue weighted by atomic mass is 32.2. The molecule has 0 radical (unpaired) electrons. The van der Waals surface area contributed by atoms with Crippen molar-refractivity contribution >= 4 is 21.2 Å². The van der Waals surface area contributed by atoms with Crippen LogP contribution in [0.3, 0.4) is 0 Å². The van der Waals surface area contributed by atoms with Crippen LogP contribution in [-0.2, 0) is 22.1 Å². The van der Waals surface area contributed by atoms with Gasteiger partial charge in [-0.2, -0.15) is 0 Å². The minimum absolute atomic E-state index is 0.000973. The van der Waals surface area contributed by atoms with Gasteiger partial charge >= 0.3 is 0 Å². The highest BCUT2D eigenvalue weighted by Gasteiger charge is 2.32. The van der Waals surface area contributed by atoms with Crippen LogP contribution in [0.15, 0.2) is 40.1 Å². The number of rotatable bonds is 7. The second kappa shape index (κ2) is 8.61. The lowest BCUT2D eigenvalue weighted by atomic mass is 10.0. The molecular formula is C22H27N3O3S2. The Morgan fingerprint density at radius 1 is 1.23 bits per heavy atom. The van der Waals surface area contributed by atoms with Gasteiger partial charge in [-0.25, -0.2) is 18.4 Å². The third-order valence-electron chi connectivity index (χ3n) is 5.24. The number of benzene rings is 1. The Morgan fingerprint density at radius 3 is 2.70 bits per heavy atom. The number of thiazole rings is 1. The zero-order chi connectivity index (χ0) is 21.3. The van der Waals surface area contributed by atoms with Crippen LogP contribution in [0, 0.1) is 0 Å². The van der Waals surface area contributed by atoms with Crippen molar-refractivity contribution in [3.8, 4) is 11.3 Å². The van der Waals surface area contributed by atoms with E-state index in [0.29, 0.717) is 11.6 Å². The number of likely N-dealkylation sites (tertiary alicyclic amines) is 1. The number of aromatic nitrogens is 2. The maximum atomic E-state index is 11.5. The molecule has 0 aliphatic carbocycles. The Balaban J connectivity index is 1.57. The van der Waals surface area contributed by atoms with E-state index in [4.69, 9.17) is 9.40 Å². The van der Waals surface area contributed by atoms with E-state index in [1.807, 2.05) is 23.6 Å². The summed E-state index contributed by atoms with van der Waals surface area (Å²) in [7, 11) is -3.07. The fourth-order valence-electron chi connectivity index (χ4n) is 3.90. The lowest BCUT2D eigenvalue weighted by Crippen LogP contribution is -2.23. The molecule has 30 heavy (non-hydrogen) atoms. The van der Waals surface area contributed by atoms with E-state index in [-0.39, 0.29) is 17.7 Å². The third kappa shape index (κ3) is 4.82. The molecule has 1 saturated heterocycles. The van der Waals surface area contributed by atoms with E-state index < -0.39 is 9.84 Å². The van der Waals surface area contributed by atoms with Crippen molar-refractivity contribution in [3.05, 3.63) is 58.1 Å². The molecule has 3 aromatic rings. The number of nitrogens with zero attached hydrogens (tertiary/aromatic N) is 3. The lowest BCUT2D eigenvalue weighted by molar-refractivity contribution is 0.209. The van der Waals surface area contributed by atoms with Gasteiger partial charge in [0, 0.05) is 29.7 Å². The van der Waals surface area contributed by atoms with Crippen molar-refractivity contribution in [2.75, 3.05) is 12.8 Å². The first-order valence-electron chi connectivity index (χ1n) is 10.2. The Hall–Kier alpha value is -2.03. The summed E-state index contributed by atoms with van der Waals surface area (Å²) >= 11 is 1.41. The Labute approximate surface area is 181 Å². The second-order valence-electron chi connectivity index (χ2n) is 8.22. The van der Waals surface area contributed by atoms with Gasteiger partial charge in [-0.15, -0.1) is 11.3 Å². The van der Waals surface area contributed by atoms with Crippen LogP contribution in [0.5, 0.6) is 0 Å². The van der Waals surface area contributed by atoms with E-state index in [1.54, 1.807) is 0 Å². The maximum Gasteiger partial charge on any atom is 0.212 e. The van der Waals surface area contributed by atoms with E-state index >= 15 is 0 Å². The normalized spacial score (nSPS) is 17.8. The monoisotopic (exact) mass is 445 g/mol. The lowest BCUT2D eigenvalue weighted by Gasteiger charge is -2.20. The van der Waals surface area contributed by atoms with Gasteiger partial charge in [0.25, 0.3) is 0 Å². The van der Waals surface area contributed by atoms with Crippen molar-refractivity contribution < 1.29 is 12.8 Å². The number of hydrogen-bond acceptors (Lipinski definition) is 7. The zero-order valence-corrected chi connectivity index (χ0v) is 19.2. The minimum Gasteiger partial charge on any atom is -0.443 e. The average molecular weight is 446 g/mol. The van der Waals surface area contributed by atoms with Crippen LogP contribution < -0.4 is 0 Å². The Kier molecular flexibility index (Phi) is 6.09. The summed E-state index contributed by atoms with van der Waals surface area (Å²) in [6.45, 7) is 5.87. The van der Waals surface area contributed by atoms with Crippen molar-refractivity contribution in [1.82, 2.24) is 14.9 Å². The molecule has 8 heteroatoms. The molecule has 0 N–H and O–H groups in total. The maximum absolute atomic E-state index is 11.5. The standard InChI is InChI=1S/C22H27N3O3S2/c1-15(2)21-20(16-8-5-4-6-9-16)24-22(28-21)18-10-7-11-25(18)12-17-13-29-19(23-17)14-30(3,26)27/h4-6,8-9,13,15,18H,7,10-12,14H2,1-3H3/t18-/m1/s1. The quantitative estimate of drug-likeness (QED) is 0.520. The van der Waals surface area contributed by atoms with Crippen molar-refractivity contribution in [1.29, 1.82) is 0 Å². The first kappa shape index (κ1) is 21.2. The molecule has 0 saturated carbocycles. The number of hydrogen-bond donors (Lipinski definition) is 0. The largest absolute Gasteiger partial charge is 0.443 e. The molecule has 1 fully saturated rings. The molecule has 1 atom stereocenters. The van der Waals surface area contributed by atoms with Gasteiger partial charge in [-0.3, -0.25) is 4.90 Å². The van der Waals surface area contributed by atoms with Crippen LogP contribution in [0.1, 0.15) is 61.0 Å².